The van der Waals surface area contributed by atoms with Crippen LogP contribution < -0.4 is 11.0 Å². The molecule has 8 heteroatoms. The third kappa shape index (κ3) is 3.44. The molecule has 1 aromatic carbocycles. The van der Waals surface area contributed by atoms with E-state index in [9.17, 15) is 4.79 Å². The van der Waals surface area contributed by atoms with Crippen molar-refractivity contribution < 1.29 is 4.74 Å². The number of dihydropyridines is 1. The van der Waals surface area contributed by atoms with Gasteiger partial charge < -0.3 is 15.0 Å². The SMILES string of the molecule is CCOC1(N(C)C)C=CC(c2ccc3ncc4c([nH]c(=O)n4C)c3c2)=C(c2cccnc2)N1. The van der Waals surface area contributed by atoms with Crippen molar-refractivity contribution in [3.8, 4) is 0 Å². The molecule has 0 amide bonds. The molecule has 0 saturated heterocycles. The highest BCUT2D eigenvalue weighted by Gasteiger charge is 2.35. The molecule has 1 aliphatic heterocycles. The summed E-state index contributed by atoms with van der Waals surface area (Å²) in [7, 11) is 5.69. The summed E-state index contributed by atoms with van der Waals surface area (Å²) in [5.74, 6) is -0.778. The number of pyridine rings is 2. The maximum atomic E-state index is 12.2. The van der Waals surface area contributed by atoms with Gasteiger partial charge in [-0.2, -0.15) is 0 Å². The van der Waals surface area contributed by atoms with Gasteiger partial charge in [-0.25, -0.2) is 4.79 Å². The summed E-state index contributed by atoms with van der Waals surface area (Å²) in [4.78, 5) is 26.1. The van der Waals surface area contributed by atoms with Crippen LogP contribution in [-0.2, 0) is 11.8 Å². The van der Waals surface area contributed by atoms with Gasteiger partial charge in [0.15, 0.2) is 0 Å². The first-order valence-corrected chi connectivity index (χ1v) is 10.8. The van der Waals surface area contributed by atoms with Gasteiger partial charge in [-0.1, -0.05) is 12.1 Å². The van der Waals surface area contributed by atoms with Gasteiger partial charge in [0.1, 0.15) is 0 Å². The van der Waals surface area contributed by atoms with E-state index in [2.05, 4.69) is 32.4 Å². The second kappa shape index (κ2) is 7.99. The number of nitrogens with zero attached hydrogens (tertiary/aromatic N) is 4. The molecule has 0 bridgehead atoms. The van der Waals surface area contributed by atoms with Gasteiger partial charge in [-0.05, 0) is 56.9 Å². The van der Waals surface area contributed by atoms with Crippen LogP contribution in [-0.4, -0.2) is 51.0 Å². The number of rotatable bonds is 5. The Labute approximate surface area is 191 Å². The lowest BCUT2D eigenvalue weighted by Gasteiger charge is -2.41. The maximum absolute atomic E-state index is 12.2. The van der Waals surface area contributed by atoms with Crippen molar-refractivity contribution in [2.75, 3.05) is 20.7 Å². The number of aromatic nitrogens is 4. The average Bonchev–Trinajstić information content (AvgIpc) is 3.13. The third-order valence-electron chi connectivity index (χ3n) is 6.09. The summed E-state index contributed by atoms with van der Waals surface area (Å²) < 4.78 is 7.71. The Bertz CT molecular complexity index is 1470. The molecular weight excluding hydrogens is 416 g/mol. The molecule has 2 N–H and O–H groups in total. The minimum Gasteiger partial charge on any atom is -0.340 e. The van der Waals surface area contributed by atoms with Gasteiger partial charge in [0.2, 0.25) is 5.85 Å². The molecule has 5 rings (SSSR count). The fraction of sp³-hybridized carbons (Fsp3) is 0.240. The monoisotopic (exact) mass is 442 g/mol. The van der Waals surface area contributed by atoms with Crippen molar-refractivity contribution in [1.82, 2.24) is 29.7 Å². The van der Waals surface area contributed by atoms with Gasteiger partial charge in [-0.15, -0.1) is 0 Å². The van der Waals surface area contributed by atoms with Gasteiger partial charge >= 0.3 is 5.69 Å². The summed E-state index contributed by atoms with van der Waals surface area (Å²) in [5, 5.41) is 4.50. The van der Waals surface area contributed by atoms with Crippen LogP contribution in [0.2, 0.25) is 0 Å². The zero-order chi connectivity index (χ0) is 23.2. The van der Waals surface area contributed by atoms with Crippen molar-refractivity contribution >= 4 is 33.2 Å². The fourth-order valence-corrected chi connectivity index (χ4v) is 4.28. The molecule has 8 nitrogen and oxygen atoms in total. The van der Waals surface area contributed by atoms with E-state index >= 15 is 0 Å². The Hall–Kier alpha value is -3.75. The quantitative estimate of drug-likeness (QED) is 0.462. The Morgan fingerprint density at radius 2 is 2.03 bits per heavy atom. The van der Waals surface area contributed by atoms with E-state index in [1.807, 2.05) is 62.5 Å². The lowest BCUT2D eigenvalue weighted by atomic mass is 9.94. The van der Waals surface area contributed by atoms with Crippen LogP contribution in [0.1, 0.15) is 18.1 Å². The van der Waals surface area contributed by atoms with Gasteiger partial charge in [0.25, 0.3) is 0 Å². The number of allylic oxidation sites excluding steroid dienone is 2. The number of H-pyrrole nitrogens is 1. The second-order valence-electron chi connectivity index (χ2n) is 8.25. The van der Waals surface area contributed by atoms with Crippen LogP contribution in [0.4, 0.5) is 0 Å². The molecule has 168 valence electrons. The van der Waals surface area contributed by atoms with E-state index in [0.717, 1.165) is 44.3 Å². The molecule has 1 atom stereocenters. The van der Waals surface area contributed by atoms with Gasteiger partial charge in [-0.3, -0.25) is 19.4 Å². The normalized spacial score (nSPS) is 18.5. The van der Waals surface area contributed by atoms with Crippen LogP contribution >= 0.6 is 0 Å². The number of nitrogens with one attached hydrogen (secondary N) is 2. The molecule has 1 unspecified atom stereocenters. The van der Waals surface area contributed by atoms with Crippen LogP contribution in [0, 0.1) is 0 Å². The Kier molecular flexibility index (Phi) is 5.11. The molecule has 0 fully saturated rings. The van der Waals surface area contributed by atoms with Crippen LogP contribution in [0.25, 0.3) is 33.2 Å². The predicted octanol–water partition coefficient (Wildman–Crippen LogP) is 3.09. The first-order chi connectivity index (χ1) is 15.9. The lowest BCUT2D eigenvalue weighted by Crippen LogP contribution is -2.57. The molecule has 33 heavy (non-hydrogen) atoms. The summed E-state index contributed by atoms with van der Waals surface area (Å²) >= 11 is 0. The number of aryl methyl sites for hydroxylation is 1. The summed E-state index contributed by atoms with van der Waals surface area (Å²) in [6, 6.07) is 10.0. The van der Waals surface area contributed by atoms with Crippen molar-refractivity contribution in [3.05, 3.63) is 82.7 Å². The van der Waals surface area contributed by atoms with E-state index < -0.39 is 5.85 Å². The highest BCUT2D eigenvalue weighted by molar-refractivity contribution is 6.05. The number of hydrogen-bond acceptors (Lipinski definition) is 6. The molecule has 0 spiro atoms. The first kappa shape index (κ1) is 21.1. The van der Waals surface area contributed by atoms with E-state index in [1.165, 1.54) is 0 Å². The van der Waals surface area contributed by atoms with Gasteiger partial charge in [0, 0.05) is 42.6 Å². The number of likely N-dealkylation sites (N-methyl/N-ethyl adjacent to an activating group) is 1. The Morgan fingerprint density at radius 3 is 2.76 bits per heavy atom. The molecule has 4 heterocycles. The Balaban J connectivity index is 1.74. The summed E-state index contributed by atoms with van der Waals surface area (Å²) in [5.41, 5.74) is 6.06. The standard InChI is InChI=1S/C25H26N6O2/c1-5-33-25(30(2)3)11-10-18(22(29-25)17-7-6-12-26-14-17)16-8-9-20-19(13-16)23-21(15-27-20)31(4)24(32)28-23/h6-15,29H,5H2,1-4H3,(H,28,32). The van der Waals surface area contributed by atoms with E-state index in [1.54, 1.807) is 24.0 Å². The Morgan fingerprint density at radius 1 is 1.18 bits per heavy atom. The van der Waals surface area contributed by atoms with Crippen LogP contribution in [0.5, 0.6) is 0 Å². The van der Waals surface area contributed by atoms with Gasteiger partial charge in [0.05, 0.1) is 28.4 Å². The zero-order valence-corrected chi connectivity index (χ0v) is 19.1. The number of imidazole rings is 1. The third-order valence-corrected chi connectivity index (χ3v) is 6.09. The lowest BCUT2D eigenvalue weighted by molar-refractivity contribution is -0.110. The molecular formula is C25H26N6O2. The average molecular weight is 443 g/mol. The second-order valence-corrected chi connectivity index (χ2v) is 8.25. The molecule has 1 aliphatic rings. The minimum absolute atomic E-state index is 0.160. The number of fused-ring (bicyclic) bond motifs is 3. The topological polar surface area (TPSA) is 88.1 Å². The first-order valence-electron chi connectivity index (χ1n) is 10.8. The summed E-state index contributed by atoms with van der Waals surface area (Å²) in [6.45, 7) is 2.53. The fourth-order valence-electron chi connectivity index (χ4n) is 4.28. The van der Waals surface area contributed by atoms with E-state index in [4.69, 9.17) is 4.74 Å². The maximum Gasteiger partial charge on any atom is 0.326 e. The number of benzene rings is 1. The van der Waals surface area contributed by atoms with E-state index in [-0.39, 0.29) is 5.69 Å². The van der Waals surface area contributed by atoms with Crippen molar-refractivity contribution in [1.29, 1.82) is 0 Å². The number of aromatic amines is 1. The highest BCUT2D eigenvalue weighted by atomic mass is 16.5. The minimum atomic E-state index is -0.778. The molecule has 0 radical (unpaired) electrons. The van der Waals surface area contributed by atoms with Crippen molar-refractivity contribution in [2.24, 2.45) is 7.05 Å². The summed E-state index contributed by atoms with van der Waals surface area (Å²) in [6.07, 6.45) is 9.43. The predicted molar refractivity (Wildman–Crippen MR) is 130 cm³/mol. The molecule has 0 saturated carbocycles. The molecule has 4 aromatic rings. The van der Waals surface area contributed by atoms with Crippen LogP contribution in [0.15, 0.2) is 65.9 Å². The van der Waals surface area contributed by atoms with Crippen molar-refractivity contribution in [2.45, 2.75) is 12.8 Å². The molecule has 0 aliphatic carbocycles. The number of hydrogen-bond donors (Lipinski definition) is 2. The number of ether oxygens (including phenoxy) is 1. The highest BCUT2D eigenvalue weighted by Crippen LogP contribution is 2.35. The smallest absolute Gasteiger partial charge is 0.326 e. The molecule has 3 aromatic heterocycles. The van der Waals surface area contributed by atoms with Crippen LogP contribution in [0.3, 0.4) is 0 Å². The van der Waals surface area contributed by atoms with E-state index in [0.29, 0.717) is 6.61 Å². The largest absolute Gasteiger partial charge is 0.340 e. The van der Waals surface area contributed by atoms with Crippen molar-refractivity contribution in [3.63, 3.8) is 0 Å². The zero-order valence-electron chi connectivity index (χ0n) is 19.1.